The zero-order valence-corrected chi connectivity index (χ0v) is 15.9. The predicted molar refractivity (Wildman–Crippen MR) is 103 cm³/mol. The molecular formula is C20H25F2N3O2. The standard InChI is InChI=1S/C20H25F2N3O2/c1-4-23-9-13-6-7-25(10-13)19-16(21)8-14-18(17(19)22)24(5-2)11-15(12(3)26)20(14)27/h8,11,13,23H,4-7,9-10H2,1-3H3/t13-/m0/s1. The molecule has 2 heterocycles. The van der Waals surface area contributed by atoms with E-state index >= 15 is 4.39 Å². The lowest BCUT2D eigenvalue weighted by atomic mass is 10.1. The number of halogens is 2. The average Bonchev–Trinajstić information content (AvgIpc) is 3.09. The van der Waals surface area contributed by atoms with Crippen molar-refractivity contribution in [2.75, 3.05) is 31.1 Å². The molecule has 1 aliphatic heterocycles. The number of fused-ring (bicyclic) bond motifs is 1. The lowest BCUT2D eigenvalue weighted by molar-refractivity contribution is 0.101. The molecule has 0 saturated carbocycles. The van der Waals surface area contributed by atoms with Crippen LogP contribution in [0.15, 0.2) is 17.1 Å². The van der Waals surface area contributed by atoms with E-state index in [-0.39, 0.29) is 22.2 Å². The third-order valence-corrected chi connectivity index (χ3v) is 5.23. The fourth-order valence-corrected chi connectivity index (χ4v) is 3.82. The highest BCUT2D eigenvalue weighted by Crippen LogP contribution is 2.33. The number of ketones is 1. The monoisotopic (exact) mass is 377 g/mol. The van der Waals surface area contributed by atoms with Crippen molar-refractivity contribution in [3.05, 3.63) is 39.7 Å². The molecule has 3 rings (SSSR count). The number of hydrogen-bond donors (Lipinski definition) is 1. The van der Waals surface area contributed by atoms with Crippen molar-refractivity contribution in [1.29, 1.82) is 0 Å². The van der Waals surface area contributed by atoms with Gasteiger partial charge in [0.25, 0.3) is 0 Å². The van der Waals surface area contributed by atoms with Crippen LogP contribution in [0.5, 0.6) is 0 Å². The third-order valence-electron chi connectivity index (χ3n) is 5.23. The van der Waals surface area contributed by atoms with Crippen LogP contribution >= 0.6 is 0 Å². The average molecular weight is 377 g/mol. The highest BCUT2D eigenvalue weighted by Gasteiger charge is 2.29. The van der Waals surface area contributed by atoms with Gasteiger partial charge in [0, 0.05) is 25.8 Å². The largest absolute Gasteiger partial charge is 0.366 e. The Kier molecular flexibility index (Phi) is 5.60. The Hall–Kier alpha value is -2.28. The van der Waals surface area contributed by atoms with E-state index in [4.69, 9.17) is 0 Å². The second-order valence-electron chi connectivity index (χ2n) is 7.04. The number of aryl methyl sites for hydroxylation is 1. The minimum absolute atomic E-state index is 0.0530. The third kappa shape index (κ3) is 3.48. The van der Waals surface area contributed by atoms with Crippen LogP contribution in [0.3, 0.4) is 0 Å². The summed E-state index contributed by atoms with van der Waals surface area (Å²) in [5.41, 5.74) is -0.710. The number of pyridine rings is 1. The van der Waals surface area contributed by atoms with Crippen molar-refractivity contribution in [1.82, 2.24) is 9.88 Å². The number of rotatable bonds is 6. The molecule has 1 aromatic heterocycles. The van der Waals surface area contributed by atoms with Gasteiger partial charge in [-0.2, -0.15) is 0 Å². The first kappa shape index (κ1) is 19.5. The fraction of sp³-hybridized carbons (Fsp3) is 0.500. The summed E-state index contributed by atoms with van der Waals surface area (Å²) in [6.07, 6.45) is 2.23. The van der Waals surface area contributed by atoms with Crippen molar-refractivity contribution in [3.8, 4) is 0 Å². The molecule has 27 heavy (non-hydrogen) atoms. The molecule has 7 heteroatoms. The molecule has 1 saturated heterocycles. The molecule has 2 aromatic rings. The van der Waals surface area contributed by atoms with E-state index in [1.807, 2.05) is 6.92 Å². The molecule has 0 unspecified atom stereocenters. The van der Waals surface area contributed by atoms with Crippen LogP contribution in [-0.2, 0) is 6.54 Å². The van der Waals surface area contributed by atoms with E-state index in [1.165, 1.54) is 17.7 Å². The van der Waals surface area contributed by atoms with Crippen molar-refractivity contribution in [2.24, 2.45) is 5.92 Å². The van der Waals surface area contributed by atoms with E-state index in [0.717, 1.165) is 25.6 Å². The van der Waals surface area contributed by atoms with Gasteiger partial charge in [0.15, 0.2) is 17.0 Å². The normalized spacial score (nSPS) is 17.1. The van der Waals surface area contributed by atoms with Crippen LogP contribution in [-0.4, -0.2) is 36.5 Å². The molecule has 146 valence electrons. The number of benzene rings is 1. The molecule has 0 amide bonds. The molecule has 1 fully saturated rings. The van der Waals surface area contributed by atoms with Gasteiger partial charge in [0.1, 0.15) is 11.5 Å². The smallest absolute Gasteiger partial charge is 0.200 e. The van der Waals surface area contributed by atoms with Gasteiger partial charge in [0.2, 0.25) is 0 Å². The Morgan fingerprint density at radius 2 is 2.07 bits per heavy atom. The van der Waals surface area contributed by atoms with Crippen molar-refractivity contribution in [3.63, 3.8) is 0 Å². The molecule has 1 atom stereocenters. The van der Waals surface area contributed by atoms with Crippen molar-refractivity contribution < 1.29 is 13.6 Å². The van der Waals surface area contributed by atoms with Crippen LogP contribution in [0.25, 0.3) is 10.9 Å². The highest BCUT2D eigenvalue weighted by atomic mass is 19.1. The van der Waals surface area contributed by atoms with Gasteiger partial charge >= 0.3 is 0 Å². The number of nitrogens with zero attached hydrogens (tertiary/aromatic N) is 2. The zero-order valence-electron chi connectivity index (χ0n) is 15.9. The lowest BCUT2D eigenvalue weighted by Gasteiger charge is -2.22. The predicted octanol–water partition coefficient (Wildman–Crippen LogP) is 2.94. The van der Waals surface area contributed by atoms with E-state index in [1.54, 1.807) is 11.8 Å². The Balaban J connectivity index is 2.13. The van der Waals surface area contributed by atoms with Gasteiger partial charge in [-0.15, -0.1) is 0 Å². The zero-order chi connectivity index (χ0) is 19.7. The SMILES string of the molecule is CCNC[C@@H]1CCN(c2c(F)cc3c(=O)c(C(C)=O)cn(CC)c3c2F)C1. The fourth-order valence-electron chi connectivity index (χ4n) is 3.82. The summed E-state index contributed by atoms with van der Waals surface area (Å²) < 4.78 is 31.7. The molecule has 1 aromatic carbocycles. The Morgan fingerprint density at radius 1 is 1.33 bits per heavy atom. The lowest BCUT2D eigenvalue weighted by Crippen LogP contribution is -2.28. The molecule has 0 aliphatic carbocycles. The Morgan fingerprint density at radius 3 is 2.70 bits per heavy atom. The molecule has 0 bridgehead atoms. The first-order chi connectivity index (χ1) is 12.9. The molecule has 0 spiro atoms. The summed E-state index contributed by atoms with van der Waals surface area (Å²) in [6, 6.07) is 1.08. The summed E-state index contributed by atoms with van der Waals surface area (Å²) in [7, 11) is 0. The number of Topliss-reactive ketones (excluding diaryl/α,β-unsaturated/α-hetero) is 1. The Labute approximate surface area is 157 Å². The molecule has 1 aliphatic rings. The molecular weight excluding hydrogens is 352 g/mol. The minimum atomic E-state index is -0.760. The Bertz CT molecular complexity index is 939. The first-order valence-electron chi connectivity index (χ1n) is 9.40. The van der Waals surface area contributed by atoms with E-state index < -0.39 is 22.8 Å². The summed E-state index contributed by atoms with van der Waals surface area (Å²) in [5, 5.41) is 3.18. The van der Waals surface area contributed by atoms with E-state index in [9.17, 15) is 14.0 Å². The van der Waals surface area contributed by atoms with E-state index in [0.29, 0.717) is 25.6 Å². The molecule has 5 nitrogen and oxygen atoms in total. The topological polar surface area (TPSA) is 54.3 Å². The van der Waals surface area contributed by atoms with Gasteiger partial charge in [-0.3, -0.25) is 9.59 Å². The first-order valence-corrected chi connectivity index (χ1v) is 9.40. The van der Waals surface area contributed by atoms with Crippen LogP contribution in [0, 0.1) is 17.6 Å². The molecule has 0 radical (unpaired) electrons. The van der Waals surface area contributed by atoms with Gasteiger partial charge < -0.3 is 14.8 Å². The van der Waals surface area contributed by atoms with Crippen LogP contribution in [0.2, 0.25) is 0 Å². The quantitative estimate of drug-likeness (QED) is 0.787. The number of nitrogens with one attached hydrogen (secondary N) is 1. The summed E-state index contributed by atoms with van der Waals surface area (Å²) in [5.74, 6) is -1.58. The highest BCUT2D eigenvalue weighted by molar-refractivity contribution is 5.97. The van der Waals surface area contributed by atoms with Gasteiger partial charge in [-0.1, -0.05) is 6.92 Å². The van der Waals surface area contributed by atoms with E-state index in [2.05, 4.69) is 5.32 Å². The maximum Gasteiger partial charge on any atom is 0.200 e. The number of carbonyl (C=O) groups excluding carboxylic acids is 1. The molecule has 1 N–H and O–H groups in total. The van der Waals surface area contributed by atoms with Gasteiger partial charge in [-0.25, -0.2) is 8.78 Å². The van der Waals surface area contributed by atoms with Gasteiger partial charge in [0.05, 0.1) is 16.5 Å². The van der Waals surface area contributed by atoms with Crippen LogP contribution in [0.1, 0.15) is 37.6 Å². The number of hydrogen-bond acceptors (Lipinski definition) is 4. The number of aromatic nitrogens is 1. The minimum Gasteiger partial charge on any atom is -0.366 e. The number of anilines is 1. The van der Waals surface area contributed by atoms with Gasteiger partial charge in [-0.05, 0) is 45.3 Å². The summed E-state index contributed by atoms with van der Waals surface area (Å²) >= 11 is 0. The second-order valence-corrected chi connectivity index (χ2v) is 7.04. The van der Waals surface area contributed by atoms with Crippen LogP contribution in [0.4, 0.5) is 14.5 Å². The summed E-state index contributed by atoms with van der Waals surface area (Å²) in [6.45, 7) is 8.25. The second kappa shape index (κ2) is 7.76. The summed E-state index contributed by atoms with van der Waals surface area (Å²) in [4.78, 5) is 26.0. The maximum absolute atomic E-state index is 15.4. The van der Waals surface area contributed by atoms with Crippen molar-refractivity contribution in [2.45, 2.75) is 33.7 Å². The van der Waals surface area contributed by atoms with Crippen molar-refractivity contribution >= 4 is 22.4 Å². The maximum atomic E-state index is 15.4. The number of carbonyl (C=O) groups is 1. The van der Waals surface area contributed by atoms with Crippen LogP contribution < -0.4 is 15.6 Å².